The fraction of sp³-hybridized carbons (Fsp3) is 0.333. The van der Waals surface area contributed by atoms with Crippen molar-refractivity contribution in [2.45, 2.75) is 38.5 Å². The van der Waals surface area contributed by atoms with Gasteiger partial charge < -0.3 is 31.7 Å². The normalized spacial score (nSPS) is 12.1. The topological polar surface area (TPSA) is 151 Å². The van der Waals surface area contributed by atoms with Crippen molar-refractivity contribution in [1.29, 1.82) is 0 Å². The van der Waals surface area contributed by atoms with E-state index in [9.17, 15) is 10.2 Å². The molecule has 0 atom stereocenters. The molecule has 10 heteroatoms. The number of aromatic hydroxyl groups is 2. The Balaban J connectivity index is 1.65. The van der Waals surface area contributed by atoms with Crippen LogP contribution in [0.4, 0.5) is 0 Å². The minimum absolute atomic E-state index is 0.217. The van der Waals surface area contributed by atoms with Crippen molar-refractivity contribution in [3.05, 3.63) is 80.3 Å². The predicted octanol–water partition coefficient (Wildman–Crippen LogP) is 3.92. The van der Waals surface area contributed by atoms with Gasteiger partial charge in [-0.1, -0.05) is 12.1 Å². The maximum Gasteiger partial charge on any atom is 0.129 e. The highest BCUT2D eigenvalue weighted by molar-refractivity contribution is 9.10. The van der Waals surface area contributed by atoms with E-state index in [1.54, 1.807) is 34.6 Å². The summed E-state index contributed by atoms with van der Waals surface area (Å²) in [5.41, 5.74) is 15.8. The minimum atomic E-state index is 0.217. The van der Waals surface area contributed by atoms with Crippen molar-refractivity contribution >= 4 is 31.9 Å². The van der Waals surface area contributed by atoms with Crippen molar-refractivity contribution < 1.29 is 10.2 Å². The fourth-order valence-electron chi connectivity index (χ4n) is 3.27. The fourth-order valence-corrected chi connectivity index (χ4v) is 4.12. The van der Waals surface area contributed by atoms with Crippen LogP contribution >= 0.6 is 31.9 Å². The average Bonchev–Trinajstić information content (AvgIpc) is 2.78. The Morgan fingerprint density at radius 3 is 1.47 bits per heavy atom. The van der Waals surface area contributed by atoms with Crippen molar-refractivity contribution in [2.24, 2.45) is 23.2 Å². The van der Waals surface area contributed by atoms with Crippen LogP contribution in [0.15, 0.2) is 69.1 Å². The van der Waals surface area contributed by atoms with Crippen molar-refractivity contribution in [3.63, 3.8) is 0 Å². The highest BCUT2D eigenvalue weighted by atomic mass is 79.9. The second-order valence-electron chi connectivity index (χ2n) is 8.16. The van der Waals surface area contributed by atoms with E-state index in [-0.39, 0.29) is 11.5 Å². The molecule has 0 saturated heterocycles. The van der Waals surface area contributed by atoms with Crippen molar-refractivity contribution in [2.75, 3.05) is 13.1 Å². The molecule has 0 unspecified atom stereocenters. The van der Waals surface area contributed by atoms with E-state index in [0.717, 1.165) is 61.0 Å². The minimum Gasteiger partial charge on any atom is -0.507 e. The lowest BCUT2D eigenvalue weighted by Gasteiger charge is -2.16. The first-order chi connectivity index (χ1) is 16.1. The van der Waals surface area contributed by atoms with Crippen LogP contribution in [0.3, 0.4) is 0 Å². The summed E-state index contributed by atoms with van der Waals surface area (Å²) in [5.74, 6) is 12.5. The number of hydrogen-bond donors (Lipinski definition) is 6. The van der Waals surface area contributed by atoms with Crippen molar-refractivity contribution in [1.82, 2.24) is 10.0 Å². The number of hydrogen-bond acceptors (Lipinski definition) is 8. The Kier molecular flexibility index (Phi) is 11.5. The van der Waals surface area contributed by atoms with Gasteiger partial charge >= 0.3 is 0 Å². The van der Waals surface area contributed by atoms with E-state index in [1.165, 1.54) is 0 Å². The Bertz CT molecular complexity index is 920. The first-order valence-corrected chi connectivity index (χ1v) is 12.6. The predicted molar refractivity (Wildman–Crippen MR) is 144 cm³/mol. The van der Waals surface area contributed by atoms with Gasteiger partial charge in [0.2, 0.25) is 0 Å². The first-order valence-electron chi connectivity index (χ1n) is 11.0. The highest BCUT2D eigenvalue weighted by Gasteiger charge is 2.04. The molecule has 0 aromatic heterocycles. The molecule has 0 amide bonds. The molecule has 0 aliphatic rings. The lowest BCUT2D eigenvalue weighted by molar-refractivity contribution is 0.391. The number of halogens is 2. The maximum atomic E-state index is 9.57. The number of phenols is 2. The third-order valence-corrected chi connectivity index (χ3v) is 6.46. The van der Waals surface area contributed by atoms with Gasteiger partial charge in [0.1, 0.15) is 11.5 Å². The van der Waals surface area contributed by atoms with Crippen LogP contribution in [0.5, 0.6) is 11.5 Å². The molecule has 2 aromatic rings. The number of allylic oxidation sites excluding steroid dienone is 2. The van der Waals surface area contributed by atoms with Crippen LogP contribution in [0.2, 0.25) is 0 Å². The molecule has 2 rings (SSSR count). The molecule has 8 nitrogen and oxygen atoms in total. The summed E-state index contributed by atoms with van der Waals surface area (Å²) in [4.78, 5) is 0. The van der Waals surface area contributed by atoms with Crippen molar-refractivity contribution in [3.8, 4) is 11.5 Å². The maximum absolute atomic E-state index is 9.57. The number of unbranched alkanes of at least 4 members (excludes halogenated alkanes) is 1. The summed E-state index contributed by atoms with van der Waals surface area (Å²) in [6, 6.07) is 10.8. The molecular formula is C24H34Br2N6O2. The van der Waals surface area contributed by atoms with E-state index in [1.807, 2.05) is 24.3 Å². The second-order valence-corrected chi connectivity index (χ2v) is 9.87. The van der Waals surface area contributed by atoms with Gasteiger partial charge in [0.25, 0.3) is 0 Å². The van der Waals surface area contributed by atoms with Gasteiger partial charge in [-0.3, -0.25) is 0 Å². The highest BCUT2D eigenvalue weighted by Crippen LogP contribution is 2.25. The summed E-state index contributed by atoms with van der Waals surface area (Å²) in [7, 11) is 0. The van der Waals surface area contributed by atoms with Crippen LogP contribution in [0, 0.1) is 0 Å². The van der Waals surface area contributed by atoms with E-state index in [4.69, 9.17) is 23.2 Å². The van der Waals surface area contributed by atoms with Gasteiger partial charge in [0.15, 0.2) is 0 Å². The van der Waals surface area contributed by atoms with Gasteiger partial charge in [-0.25, -0.2) is 11.7 Å². The number of phenolic OH excluding ortho intramolecular Hbond substituents is 2. The average molecular weight is 598 g/mol. The number of hydrazine groups is 2. The van der Waals surface area contributed by atoms with Gasteiger partial charge in [-0.2, -0.15) is 0 Å². The molecular weight excluding hydrogens is 564 g/mol. The molecule has 34 heavy (non-hydrogen) atoms. The third-order valence-electron chi connectivity index (χ3n) is 5.19. The van der Waals surface area contributed by atoms with E-state index >= 15 is 0 Å². The summed E-state index contributed by atoms with van der Waals surface area (Å²) < 4.78 is 1.33. The van der Waals surface area contributed by atoms with Crippen LogP contribution in [-0.4, -0.2) is 33.3 Å². The zero-order valence-electron chi connectivity index (χ0n) is 19.1. The lowest BCUT2D eigenvalue weighted by atomic mass is 10.1. The summed E-state index contributed by atoms with van der Waals surface area (Å²) in [6.45, 7) is 1.22. The molecule has 0 spiro atoms. The molecule has 2 aromatic carbocycles. The van der Waals surface area contributed by atoms with Crippen LogP contribution in [-0.2, 0) is 12.8 Å². The molecule has 0 radical (unpaired) electrons. The number of nitrogens with two attached hydrogens (primary N) is 4. The molecule has 0 fully saturated rings. The van der Waals surface area contributed by atoms with Crippen LogP contribution in [0.1, 0.15) is 36.8 Å². The number of nitrogens with zero attached hydrogens (tertiary/aromatic N) is 2. The van der Waals surface area contributed by atoms with Gasteiger partial charge in [0.05, 0.1) is 8.95 Å². The summed E-state index contributed by atoms with van der Waals surface area (Å²) in [5, 5.41) is 22.3. The Morgan fingerprint density at radius 1 is 0.735 bits per heavy atom. The summed E-state index contributed by atoms with van der Waals surface area (Å²) >= 11 is 6.63. The molecule has 0 aliphatic heterocycles. The molecule has 0 bridgehead atoms. The van der Waals surface area contributed by atoms with Gasteiger partial charge in [-0.15, -0.1) is 0 Å². The SMILES string of the molecule is N/C(=C\N(N)CCc1ccc(O)c(Br)c1)CCCC/C(N)=C/N(N)CCc1ccc(O)c(Br)c1. The Morgan fingerprint density at radius 2 is 1.12 bits per heavy atom. The standard InChI is InChI=1S/C24H34Br2N6O2/c25-21-13-17(5-7-23(21)33)9-11-31(29)15-19(27)3-1-2-4-20(28)16-32(30)12-10-18-6-8-24(34)22(26)14-18/h5-8,13-16,33-34H,1-4,9-12,27-30H2/b19-15-,20-16-. The summed E-state index contributed by atoms with van der Waals surface area (Å²) in [6.07, 6.45) is 8.24. The van der Waals surface area contributed by atoms with E-state index < -0.39 is 0 Å². The first kappa shape index (κ1) is 27.8. The van der Waals surface area contributed by atoms with Gasteiger partial charge in [0, 0.05) is 36.9 Å². The number of benzene rings is 2. The Hall–Kier alpha value is -2.40. The van der Waals surface area contributed by atoms with Crippen LogP contribution < -0.4 is 23.2 Å². The monoisotopic (exact) mass is 596 g/mol. The molecule has 10 N–H and O–H groups in total. The van der Waals surface area contributed by atoms with Crippen LogP contribution in [0.25, 0.3) is 0 Å². The molecule has 0 saturated carbocycles. The molecule has 0 heterocycles. The van der Waals surface area contributed by atoms with E-state index in [2.05, 4.69) is 31.9 Å². The lowest BCUT2D eigenvalue weighted by Crippen LogP contribution is -2.29. The largest absolute Gasteiger partial charge is 0.507 e. The number of rotatable bonds is 13. The molecule has 186 valence electrons. The molecule has 0 aliphatic carbocycles. The smallest absolute Gasteiger partial charge is 0.129 e. The van der Waals surface area contributed by atoms with Gasteiger partial charge in [-0.05, 0) is 106 Å². The second kappa shape index (κ2) is 14.1. The zero-order valence-corrected chi connectivity index (χ0v) is 22.3. The zero-order chi connectivity index (χ0) is 25.1. The quantitative estimate of drug-likeness (QED) is 0.115. The van der Waals surface area contributed by atoms with E-state index in [0.29, 0.717) is 22.0 Å². The Labute approximate surface area is 218 Å². The third kappa shape index (κ3) is 10.3.